The van der Waals surface area contributed by atoms with E-state index in [2.05, 4.69) is 9.97 Å². The van der Waals surface area contributed by atoms with E-state index < -0.39 is 5.97 Å². The Morgan fingerprint density at radius 1 is 1.22 bits per heavy atom. The van der Waals surface area contributed by atoms with Crippen LogP contribution >= 0.6 is 0 Å². The molecule has 0 aliphatic heterocycles. The second-order valence-electron chi connectivity index (χ2n) is 4.14. The van der Waals surface area contributed by atoms with Crippen LogP contribution < -0.4 is 0 Å². The molecule has 3 aromatic rings. The van der Waals surface area contributed by atoms with Crippen molar-refractivity contribution < 1.29 is 9.90 Å². The number of hydrogen-bond acceptors (Lipinski definition) is 3. The highest BCUT2D eigenvalue weighted by atomic mass is 16.4. The van der Waals surface area contributed by atoms with E-state index in [1.54, 1.807) is 6.07 Å². The van der Waals surface area contributed by atoms with Crippen LogP contribution in [-0.4, -0.2) is 21.0 Å². The lowest BCUT2D eigenvalue weighted by molar-refractivity contribution is 0.0696. The number of benzene rings is 1. The van der Waals surface area contributed by atoms with Crippen LogP contribution in [0.3, 0.4) is 0 Å². The van der Waals surface area contributed by atoms with E-state index >= 15 is 0 Å². The van der Waals surface area contributed by atoms with Crippen LogP contribution in [0.4, 0.5) is 0 Å². The number of para-hydroxylation sites is 1. The molecule has 0 saturated carbocycles. The molecule has 0 aliphatic rings. The molecule has 2 heterocycles. The third kappa shape index (κ3) is 1.50. The van der Waals surface area contributed by atoms with E-state index in [4.69, 9.17) is 5.11 Å². The summed E-state index contributed by atoms with van der Waals surface area (Å²) in [5.74, 6) is -0.975. The average molecular weight is 238 g/mol. The minimum absolute atomic E-state index is 0.183. The molecule has 0 aliphatic carbocycles. The van der Waals surface area contributed by atoms with Crippen LogP contribution in [0.5, 0.6) is 0 Å². The highest BCUT2D eigenvalue weighted by Crippen LogP contribution is 2.24. The highest BCUT2D eigenvalue weighted by Gasteiger charge is 2.10. The third-order valence-corrected chi connectivity index (χ3v) is 2.97. The van der Waals surface area contributed by atoms with E-state index in [0.717, 1.165) is 27.5 Å². The summed E-state index contributed by atoms with van der Waals surface area (Å²) in [5, 5.41) is 10.7. The first-order chi connectivity index (χ1) is 8.66. The topological polar surface area (TPSA) is 63.1 Å². The van der Waals surface area contributed by atoms with E-state index in [1.807, 2.05) is 31.2 Å². The molecule has 1 aromatic carbocycles. The number of hydrogen-bond donors (Lipinski definition) is 1. The average Bonchev–Trinajstić information content (AvgIpc) is 2.38. The van der Waals surface area contributed by atoms with Gasteiger partial charge in [-0.05, 0) is 19.1 Å². The molecule has 1 N–H and O–H groups in total. The normalized spacial score (nSPS) is 10.9. The van der Waals surface area contributed by atoms with Gasteiger partial charge < -0.3 is 5.11 Å². The molecule has 88 valence electrons. The molecule has 0 saturated heterocycles. The Bertz CT molecular complexity index is 781. The van der Waals surface area contributed by atoms with Gasteiger partial charge in [-0.25, -0.2) is 4.79 Å². The van der Waals surface area contributed by atoms with Crippen LogP contribution in [0.25, 0.3) is 21.8 Å². The van der Waals surface area contributed by atoms with Gasteiger partial charge in [-0.3, -0.25) is 9.97 Å². The maximum Gasteiger partial charge on any atom is 0.337 e. The number of fused-ring (bicyclic) bond motifs is 3. The summed E-state index contributed by atoms with van der Waals surface area (Å²) < 4.78 is 0. The summed E-state index contributed by atoms with van der Waals surface area (Å²) >= 11 is 0. The predicted molar refractivity (Wildman–Crippen MR) is 68.7 cm³/mol. The maximum atomic E-state index is 11.0. The fourth-order valence-corrected chi connectivity index (χ4v) is 2.08. The Balaban J connectivity index is 2.47. The molecule has 4 heteroatoms. The summed E-state index contributed by atoms with van der Waals surface area (Å²) in [6, 6.07) is 9.34. The highest BCUT2D eigenvalue weighted by molar-refractivity contribution is 6.05. The number of aromatic nitrogens is 2. The van der Waals surface area contributed by atoms with Gasteiger partial charge in [-0.1, -0.05) is 18.2 Å². The molecule has 3 rings (SSSR count). The van der Waals surface area contributed by atoms with Crippen molar-refractivity contribution in [2.75, 3.05) is 0 Å². The minimum Gasteiger partial charge on any atom is -0.478 e. The zero-order valence-electron chi connectivity index (χ0n) is 9.71. The molecule has 0 bridgehead atoms. The number of pyridine rings is 2. The van der Waals surface area contributed by atoms with Gasteiger partial charge in [0.05, 0.1) is 16.6 Å². The number of aryl methyl sites for hydroxylation is 1. The standard InChI is InChI=1S/C14H10N2O2/c1-8-11-6-9(14(17)18)7-15-13(11)10-4-2-3-5-12(10)16-8/h2-7H,1H3,(H,17,18). The van der Waals surface area contributed by atoms with Crippen molar-refractivity contribution in [2.24, 2.45) is 0 Å². The van der Waals surface area contributed by atoms with Crippen molar-refractivity contribution in [1.29, 1.82) is 0 Å². The Kier molecular flexibility index (Phi) is 2.23. The Morgan fingerprint density at radius 2 is 2.00 bits per heavy atom. The summed E-state index contributed by atoms with van der Waals surface area (Å²) in [6.45, 7) is 1.86. The number of aromatic carboxylic acids is 1. The predicted octanol–water partition coefficient (Wildman–Crippen LogP) is 2.79. The molecular weight excluding hydrogens is 228 g/mol. The smallest absolute Gasteiger partial charge is 0.337 e. The first-order valence-electron chi connectivity index (χ1n) is 5.55. The maximum absolute atomic E-state index is 11.0. The van der Waals surface area contributed by atoms with Gasteiger partial charge >= 0.3 is 5.97 Å². The lowest BCUT2D eigenvalue weighted by Crippen LogP contribution is -1.99. The lowest BCUT2D eigenvalue weighted by Gasteiger charge is -2.06. The van der Waals surface area contributed by atoms with Gasteiger partial charge in [-0.15, -0.1) is 0 Å². The lowest BCUT2D eigenvalue weighted by atomic mass is 10.1. The zero-order valence-corrected chi connectivity index (χ0v) is 9.71. The molecule has 4 nitrogen and oxygen atoms in total. The second kappa shape index (κ2) is 3.77. The quantitative estimate of drug-likeness (QED) is 0.662. The van der Waals surface area contributed by atoms with Crippen molar-refractivity contribution in [1.82, 2.24) is 9.97 Å². The monoisotopic (exact) mass is 238 g/mol. The van der Waals surface area contributed by atoms with Gasteiger partial charge in [0.1, 0.15) is 0 Å². The summed E-state index contributed by atoms with van der Waals surface area (Å²) in [4.78, 5) is 19.7. The van der Waals surface area contributed by atoms with Crippen molar-refractivity contribution in [3.8, 4) is 0 Å². The van der Waals surface area contributed by atoms with Crippen molar-refractivity contribution in [3.63, 3.8) is 0 Å². The number of carboxylic acids is 1. The number of carboxylic acid groups (broad SMARTS) is 1. The second-order valence-corrected chi connectivity index (χ2v) is 4.14. The van der Waals surface area contributed by atoms with Gasteiger partial charge in [0.25, 0.3) is 0 Å². The van der Waals surface area contributed by atoms with Crippen molar-refractivity contribution in [3.05, 3.63) is 47.8 Å². The first-order valence-corrected chi connectivity index (χ1v) is 5.55. The molecule has 0 fully saturated rings. The van der Waals surface area contributed by atoms with Crippen LogP contribution in [-0.2, 0) is 0 Å². The number of carbonyl (C=O) groups is 1. The zero-order chi connectivity index (χ0) is 12.7. The van der Waals surface area contributed by atoms with E-state index in [9.17, 15) is 4.79 Å². The van der Waals surface area contributed by atoms with E-state index in [1.165, 1.54) is 6.20 Å². The van der Waals surface area contributed by atoms with E-state index in [0.29, 0.717) is 0 Å². The SMILES string of the molecule is Cc1nc2ccccc2c2ncc(C(=O)O)cc12. The Hall–Kier alpha value is -2.49. The summed E-state index contributed by atoms with van der Waals surface area (Å²) in [6.07, 6.45) is 1.39. The van der Waals surface area contributed by atoms with E-state index in [-0.39, 0.29) is 5.56 Å². The molecule has 2 aromatic heterocycles. The molecular formula is C14H10N2O2. The molecule has 0 atom stereocenters. The van der Waals surface area contributed by atoms with Gasteiger partial charge in [0.15, 0.2) is 0 Å². The van der Waals surface area contributed by atoms with Crippen LogP contribution in [0.2, 0.25) is 0 Å². The first kappa shape index (κ1) is 10.7. The minimum atomic E-state index is -0.975. The van der Waals surface area contributed by atoms with Gasteiger partial charge in [-0.2, -0.15) is 0 Å². The Morgan fingerprint density at radius 3 is 2.78 bits per heavy atom. The number of rotatable bonds is 1. The molecule has 0 radical (unpaired) electrons. The summed E-state index contributed by atoms with van der Waals surface area (Å²) in [7, 11) is 0. The third-order valence-electron chi connectivity index (χ3n) is 2.97. The fourth-order valence-electron chi connectivity index (χ4n) is 2.08. The van der Waals surface area contributed by atoms with Gasteiger partial charge in [0.2, 0.25) is 0 Å². The van der Waals surface area contributed by atoms with Crippen LogP contribution in [0, 0.1) is 6.92 Å². The van der Waals surface area contributed by atoms with Crippen molar-refractivity contribution in [2.45, 2.75) is 6.92 Å². The van der Waals surface area contributed by atoms with Crippen LogP contribution in [0.1, 0.15) is 16.1 Å². The summed E-state index contributed by atoms with van der Waals surface area (Å²) in [5.41, 5.74) is 2.64. The largest absolute Gasteiger partial charge is 0.478 e. The molecule has 18 heavy (non-hydrogen) atoms. The Labute approximate surface area is 103 Å². The van der Waals surface area contributed by atoms with Crippen LogP contribution in [0.15, 0.2) is 36.5 Å². The molecule has 0 amide bonds. The van der Waals surface area contributed by atoms with Crippen molar-refractivity contribution >= 4 is 27.8 Å². The fraction of sp³-hybridized carbons (Fsp3) is 0.0714. The molecule has 0 spiro atoms. The number of nitrogens with zero attached hydrogens (tertiary/aromatic N) is 2. The van der Waals surface area contributed by atoms with Gasteiger partial charge in [0, 0.05) is 22.7 Å². The molecule has 0 unspecified atom stereocenters.